The molecule has 0 unspecified atom stereocenters. The summed E-state index contributed by atoms with van der Waals surface area (Å²) in [7, 11) is 1.27. The van der Waals surface area contributed by atoms with Crippen molar-refractivity contribution in [3.8, 4) is 0 Å². The highest BCUT2D eigenvalue weighted by atomic mass is 16.5. The summed E-state index contributed by atoms with van der Waals surface area (Å²) in [5, 5.41) is 14.3. The lowest BCUT2D eigenvalue weighted by molar-refractivity contribution is -0.323. The van der Waals surface area contributed by atoms with Crippen molar-refractivity contribution in [1.82, 2.24) is 0 Å². The Morgan fingerprint density at radius 3 is 2.38 bits per heavy atom. The summed E-state index contributed by atoms with van der Waals surface area (Å²) in [6.45, 7) is 5.16. The van der Waals surface area contributed by atoms with Crippen LogP contribution in [0.4, 0.5) is 5.69 Å². The molecule has 6 heteroatoms. The number of hydrogen-bond donors (Lipinski definition) is 1. The van der Waals surface area contributed by atoms with E-state index in [1.54, 1.807) is 45.0 Å². The van der Waals surface area contributed by atoms with Crippen LogP contribution in [0.1, 0.15) is 44.0 Å². The lowest BCUT2D eigenvalue weighted by atomic mass is 9.65. The van der Waals surface area contributed by atoms with Crippen LogP contribution in [0, 0.1) is 16.7 Å². The summed E-state index contributed by atoms with van der Waals surface area (Å²) in [6.07, 6.45) is 0.822. The van der Waals surface area contributed by atoms with Gasteiger partial charge in [-0.15, -0.1) is 0 Å². The molecule has 2 atom stereocenters. The van der Waals surface area contributed by atoms with Crippen LogP contribution >= 0.6 is 0 Å². The minimum Gasteiger partial charge on any atom is -0.550 e. The molecule has 0 heterocycles. The topological polar surface area (TPSA) is 95.5 Å². The van der Waals surface area contributed by atoms with E-state index in [4.69, 9.17) is 4.74 Å². The number of rotatable bonds is 4. The van der Waals surface area contributed by atoms with Crippen molar-refractivity contribution in [1.29, 1.82) is 0 Å². The zero-order valence-corrected chi connectivity index (χ0v) is 14.3. The lowest BCUT2D eigenvalue weighted by Gasteiger charge is -2.41. The van der Waals surface area contributed by atoms with Crippen LogP contribution in [-0.4, -0.2) is 25.0 Å². The first-order valence-corrected chi connectivity index (χ1v) is 7.85. The van der Waals surface area contributed by atoms with Gasteiger partial charge in [-0.25, -0.2) is 4.79 Å². The van der Waals surface area contributed by atoms with Gasteiger partial charge in [-0.2, -0.15) is 0 Å². The molecule has 1 N–H and O–H groups in total. The van der Waals surface area contributed by atoms with Gasteiger partial charge in [-0.3, -0.25) is 4.79 Å². The third-order valence-electron chi connectivity index (χ3n) is 5.58. The quantitative estimate of drug-likeness (QED) is 0.845. The SMILES string of the molecule is COC(=O)c1ccccc1NC(=O)[C@@H]1CC[C@@](C)(C(=O)[O-])C1(C)C. The average molecular weight is 332 g/mol. The number of carbonyl (C=O) groups excluding carboxylic acids is 3. The van der Waals surface area contributed by atoms with Crippen LogP contribution in [-0.2, 0) is 14.3 Å². The molecule has 0 spiro atoms. The van der Waals surface area contributed by atoms with Gasteiger partial charge in [0, 0.05) is 17.3 Å². The summed E-state index contributed by atoms with van der Waals surface area (Å²) >= 11 is 0. The number of para-hydroxylation sites is 1. The summed E-state index contributed by atoms with van der Waals surface area (Å²) in [5.74, 6) is -2.48. The molecule has 1 aromatic carbocycles. The van der Waals surface area contributed by atoms with E-state index >= 15 is 0 Å². The normalized spacial score (nSPS) is 25.1. The van der Waals surface area contributed by atoms with E-state index in [1.807, 2.05) is 0 Å². The Kier molecular flexibility index (Phi) is 4.69. The van der Waals surface area contributed by atoms with Crippen molar-refractivity contribution in [3.05, 3.63) is 29.8 Å². The Morgan fingerprint density at radius 1 is 1.21 bits per heavy atom. The molecule has 1 fully saturated rings. The molecule has 1 amide bonds. The number of carboxylic acids is 1. The summed E-state index contributed by atoms with van der Waals surface area (Å²) < 4.78 is 4.71. The smallest absolute Gasteiger partial charge is 0.339 e. The third kappa shape index (κ3) is 2.77. The highest BCUT2D eigenvalue weighted by Crippen LogP contribution is 2.55. The highest BCUT2D eigenvalue weighted by molar-refractivity contribution is 6.02. The fourth-order valence-corrected chi connectivity index (χ4v) is 3.42. The van der Waals surface area contributed by atoms with E-state index in [-0.39, 0.29) is 11.5 Å². The molecule has 24 heavy (non-hydrogen) atoms. The van der Waals surface area contributed by atoms with Crippen LogP contribution in [0.15, 0.2) is 24.3 Å². The van der Waals surface area contributed by atoms with Gasteiger partial charge >= 0.3 is 5.97 Å². The van der Waals surface area contributed by atoms with E-state index < -0.39 is 28.7 Å². The maximum atomic E-state index is 12.7. The number of ether oxygens (including phenoxy) is 1. The second kappa shape index (κ2) is 6.26. The fraction of sp³-hybridized carbons (Fsp3) is 0.500. The Morgan fingerprint density at radius 2 is 1.83 bits per heavy atom. The molecule has 0 bridgehead atoms. The Balaban J connectivity index is 2.26. The van der Waals surface area contributed by atoms with Gasteiger partial charge in [0.25, 0.3) is 0 Å². The molecule has 0 saturated heterocycles. The van der Waals surface area contributed by atoms with Crippen molar-refractivity contribution in [2.24, 2.45) is 16.7 Å². The zero-order chi connectivity index (χ0) is 18.1. The number of aliphatic carboxylic acids is 1. The number of anilines is 1. The number of nitrogens with one attached hydrogen (secondary N) is 1. The largest absolute Gasteiger partial charge is 0.550 e. The standard InChI is InChI=1S/C18H23NO5/c1-17(2)12(9-10-18(17,3)16(22)23)14(20)19-13-8-6-5-7-11(13)15(21)24-4/h5-8,12H,9-10H2,1-4H3,(H,19,20)(H,22,23)/p-1/t12-,18-/m0/s1. The summed E-state index contributed by atoms with van der Waals surface area (Å²) in [4.78, 5) is 36.1. The molecule has 1 aromatic rings. The molecule has 130 valence electrons. The monoisotopic (exact) mass is 332 g/mol. The second-order valence-corrected chi connectivity index (χ2v) is 6.96. The molecular weight excluding hydrogens is 310 g/mol. The average Bonchev–Trinajstić information content (AvgIpc) is 2.78. The van der Waals surface area contributed by atoms with Crippen molar-refractivity contribution in [3.63, 3.8) is 0 Å². The number of carbonyl (C=O) groups is 3. The van der Waals surface area contributed by atoms with Gasteiger partial charge in [0.05, 0.1) is 18.4 Å². The fourth-order valence-electron chi connectivity index (χ4n) is 3.42. The van der Waals surface area contributed by atoms with Crippen molar-refractivity contribution >= 4 is 23.5 Å². The first-order chi connectivity index (χ1) is 11.1. The van der Waals surface area contributed by atoms with E-state index in [0.717, 1.165) is 0 Å². The van der Waals surface area contributed by atoms with Gasteiger partial charge in [0.15, 0.2) is 0 Å². The molecule has 0 aromatic heterocycles. The Hall–Kier alpha value is -2.37. The van der Waals surface area contributed by atoms with Crippen LogP contribution in [0.25, 0.3) is 0 Å². The molecule has 6 nitrogen and oxygen atoms in total. The van der Waals surface area contributed by atoms with Crippen LogP contribution in [0.2, 0.25) is 0 Å². The zero-order valence-electron chi connectivity index (χ0n) is 14.3. The Labute approximate surface area is 141 Å². The van der Waals surface area contributed by atoms with Gasteiger partial charge in [-0.05, 0) is 30.4 Å². The second-order valence-electron chi connectivity index (χ2n) is 6.96. The van der Waals surface area contributed by atoms with E-state index in [0.29, 0.717) is 18.5 Å². The van der Waals surface area contributed by atoms with Crippen molar-refractivity contribution < 1.29 is 24.2 Å². The van der Waals surface area contributed by atoms with Gasteiger partial charge in [-0.1, -0.05) is 32.9 Å². The lowest BCUT2D eigenvalue weighted by Crippen LogP contribution is -2.49. The van der Waals surface area contributed by atoms with Gasteiger partial charge in [0.1, 0.15) is 0 Å². The van der Waals surface area contributed by atoms with E-state index in [2.05, 4.69) is 5.32 Å². The molecule has 1 aliphatic carbocycles. The number of amides is 1. The number of methoxy groups -OCH3 is 1. The van der Waals surface area contributed by atoms with E-state index in [9.17, 15) is 19.5 Å². The van der Waals surface area contributed by atoms with Crippen molar-refractivity contribution in [2.75, 3.05) is 12.4 Å². The molecule has 1 aliphatic rings. The molecule has 2 rings (SSSR count). The van der Waals surface area contributed by atoms with Crippen molar-refractivity contribution in [2.45, 2.75) is 33.6 Å². The first kappa shape index (κ1) is 18.0. The summed E-state index contributed by atoms with van der Waals surface area (Å²) in [5.41, 5.74) is -1.23. The number of carboxylic acid groups (broad SMARTS) is 1. The number of hydrogen-bond acceptors (Lipinski definition) is 5. The highest BCUT2D eigenvalue weighted by Gasteiger charge is 2.54. The van der Waals surface area contributed by atoms with Gasteiger partial charge < -0.3 is 20.0 Å². The Bertz CT molecular complexity index is 682. The first-order valence-electron chi connectivity index (χ1n) is 7.85. The molecule has 1 saturated carbocycles. The van der Waals surface area contributed by atoms with E-state index in [1.165, 1.54) is 7.11 Å². The minimum atomic E-state index is -1.14. The maximum absolute atomic E-state index is 12.7. The molecular formula is C18H22NO5-. The van der Waals surface area contributed by atoms with Crippen LogP contribution < -0.4 is 10.4 Å². The number of benzene rings is 1. The van der Waals surface area contributed by atoms with Crippen LogP contribution in [0.3, 0.4) is 0 Å². The predicted octanol–water partition coefficient (Wildman–Crippen LogP) is 1.60. The summed E-state index contributed by atoms with van der Waals surface area (Å²) in [6, 6.07) is 6.55. The van der Waals surface area contributed by atoms with Crippen LogP contribution in [0.5, 0.6) is 0 Å². The number of esters is 1. The molecule has 0 radical (unpaired) electrons. The third-order valence-corrected chi connectivity index (χ3v) is 5.58. The molecule has 0 aliphatic heterocycles. The van der Waals surface area contributed by atoms with Gasteiger partial charge in [0.2, 0.25) is 5.91 Å². The maximum Gasteiger partial charge on any atom is 0.339 e. The predicted molar refractivity (Wildman–Crippen MR) is 86.0 cm³/mol. The minimum absolute atomic E-state index is 0.256.